The molecule has 0 fully saturated rings. The molecule has 0 aliphatic heterocycles. The predicted octanol–water partition coefficient (Wildman–Crippen LogP) is 3.27. The first-order valence-electron chi connectivity index (χ1n) is 4.13. The summed E-state index contributed by atoms with van der Waals surface area (Å²) in [4.78, 5) is 0. The fraction of sp³-hybridized carbons (Fsp3) is 0.400. The fourth-order valence-corrected chi connectivity index (χ4v) is 1.32. The molecule has 0 atom stereocenters. The molecule has 0 bridgehead atoms. The molecule has 0 unspecified atom stereocenters. The molecule has 1 radical (unpaired) electrons. The van der Waals surface area contributed by atoms with E-state index in [4.69, 9.17) is 4.74 Å². The van der Waals surface area contributed by atoms with E-state index in [9.17, 15) is 0 Å². The molecule has 0 aliphatic carbocycles. The highest BCUT2D eigenvalue weighted by Gasteiger charge is 1.97. The van der Waals surface area contributed by atoms with Crippen LogP contribution in [0.3, 0.4) is 0 Å². The zero-order valence-corrected chi connectivity index (χ0v) is 9.30. The van der Waals surface area contributed by atoms with Gasteiger partial charge in [-0.1, -0.05) is 19.4 Å². The summed E-state index contributed by atoms with van der Waals surface area (Å²) in [6.45, 7) is 2.97. The molecular formula is C10H12IO. The van der Waals surface area contributed by atoms with E-state index in [0.29, 0.717) is 0 Å². The molecule has 2 heteroatoms. The van der Waals surface area contributed by atoms with E-state index in [0.717, 1.165) is 22.3 Å². The largest absolute Gasteiger partial charge is 0.492 e. The Morgan fingerprint density at radius 2 is 2.42 bits per heavy atom. The molecule has 1 nitrogen and oxygen atoms in total. The van der Waals surface area contributed by atoms with Crippen molar-refractivity contribution in [2.75, 3.05) is 6.61 Å². The van der Waals surface area contributed by atoms with Gasteiger partial charge < -0.3 is 4.74 Å². The quantitative estimate of drug-likeness (QED) is 0.605. The van der Waals surface area contributed by atoms with Crippen molar-refractivity contribution in [3.8, 4) is 5.75 Å². The maximum atomic E-state index is 5.54. The maximum Gasteiger partial charge on any atom is 0.133 e. The Kier molecular flexibility index (Phi) is 4.43. The highest BCUT2D eigenvalue weighted by molar-refractivity contribution is 14.1. The lowest BCUT2D eigenvalue weighted by atomic mass is 10.3. The lowest BCUT2D eigenvalue weighted by Gasteiger charge is -2.05. The second-order valence-corrected chi connectivity index (χ2v) is 3.72. The molecule has 12 heavy (non-hydrogen) atoms. The van der Waals surface area contributed by atoms with Gasteiger partial charge in [0.05, 0.1) is 10.2 Å². The van der Waals surface area contributed by atoms with Crippen molar-refractivity contribution in [1.29, 1.82) is 0 Å². The molecule has 1 rings (SSSR count). The maximum absolute atomic E-state index is 5.54. The van der Waals surface area contributed by atoms with Crippen LogP contribution in [0, 0.1) is 9.64 Å². The summed E-state index contributed by atoms with van der Waals surface area (Å²) in [5.41, 5.74) is 0. The molecule has 0 amide bonds. The molecule has 0 spiro atoms. The van der Waals surface area contributed by atoms with Gasteiger partial charge in [-0.05, 0) is 47.2 Å². The monoisotopic (exact) mass is 275 g/mol. The van der Waals surface area contributed by atoms with E-state index in [2.05, 4.69) is 35.6 Å². The third-order valence-corrected chi connectivity index (χ3v) is 2.42. The van der Waals surface area contributed by atoms with Crippen molar-refractivity contribution in [3.05, 3.63) is 27.8 Å². The Labute approximate surface area is 87.3 Å². The topological polar surface area (TPSA) is 9.23 Å². The average molecular weight is 275 g/mol. The lowest BCUT2D eigenvalue weighted by molar-refractivity contribution is 0.307. The van der Waals surface area contributed by atoms with Gasteiger partial charge in [0, 0.05) is 0 Å². The van der Waals surface area contributed by atoms with Crippen molar-refractivity contribution in [1.82, 2.24) is 0 Å². The van der Waals surface area contributed by atoms with E-state index in [1.165, 1.54) is 6.42 Å². The van der Waals surface area contributed by atoms with Gasteiger partial charge in [-0.2, -0.15) is 0 Å². The van der Waals surface area contributed by atoms with Gasteiger partial charge in [-0.3, -0.25) is 0 Å². The molecule has 1 aromatic rings. The number of halogens is 1. The van der Waals surface area contributed by atoms with Gasteiger partial charge in [0.2, 0.25) is 0 Å². The summed E-state index contributed by atoms with van der Waals surface area (Å²) in [5, 5.41) is 0. The highest BCUT2D eigenvalue weighted by atomic mass is 127. The van der Waals surface area contributed by atoms with Gasteiger partial charge >= 0.3 is 0 Å². The van der Waals surface area contributed by atoms with E-state index >= 15 is 0 Å². The summed E-state index contributed by atoms with van der Waals surface area (Å²) in [7, 11) is 0. The number of hydrogen-bond donors (Lipinski definition) is 0. The van der Waals surface area contributed by atoms with E-state index < -0.39 is 0 Å². The minimum Gasteiger partial charge on any atom is -0.492 e. The number of hydrogen-bond acceptors (Lipinski definition) is 1. The van der Waals surface area contributed by atoms with Crippen LogP contribution in [0.1, 0.15) is 19.8 Å². The van der Waals surface area contributed by atoms with Crippen LogP contribution in [-0.4, -0.2) is 6.61 Å². The number of ether oxygens (including phenoxy) is 1. The van der Waals surface area contributed by atoms with Crippen LogP contribution in [0.5, 0.6) is 5.75 Å². The van der Waals surface area contributed by atoms with Crippen molar-refractivity contribution in [2.45, 2.75) is 19.8 Å². The SMILES string of the molecule is CCCCOc1c[c]ccc1I. The third kappa shape index (κ3) is 3.01. The molecule has 65 valence electrons. The molecule has 0 N–H and O–H groups in total. The van der Waals surface area contributed by atoms with Gasteiger partial charge in [0.25, 0.3) is 0 Å². The smallest absolute Gasteiger partial charge is 0.133 e. The molecule has 0 aliphatic rings. The van der Waals surface area contributed by atoms with Crippen molar-refractivity contribution < 1.29 is 4.74 Å². The van der Waals surface area contributed by atoms with Crippen molar-refractivity contribution in [2.24, 2.45) is 0 Å². The third-order valence-electron chi connectivity index (χ3n) is 1.53. The van der Waals surface area contributed by atoms with Gasteiger partial charge in [-0.25, -0.2) is 0 Å². The van der Waals surface area contributed by atoms with Crippen LogP contribution >= 0.6 is 22.6 Å². The summed E-state index contributed by atoms with van der Waals surface area (Å²) in [5.74, 6) is 0.951. The lowest BCUT2D eigenvalue weighted by Crippen LogP contribution is -1.97. The van der Waals surface area contributed by atoms with E-state index in [-0.39, 0.29) is 0 Å². The van der Waals surface area contributed by atoms with Crippen LogP contribution in [0.2, 0.25) is 0 Å². The van der Waals surface area contributed by atoms with Crippen LogP contribution < -0.4 is 4.74 Å². The summed E-state index contributed by atoms with van der Waals surface area (Å²) >= 11 is 2.27. The van der Waals surface area contributed by atoms with Gasteiger partial charge in [0.15, 0.2) is 0 Å². The summed E-state index contributed by atoms with van der Waals surface area (Å²) in [6.07, 6.45) is 2.29. The molecule has 0 saturated heterocycles. The van der Waals surface area contributed by atoms with Crippen LogP contribution in [-0.2, 0) is 0 Å². The Bertz CT molecular complexity index is 235. The average Bonchev–Trinajstić information content (AvgIpc) is 2.09. The Hall–Kier alpha value is -0.250. The number of benzene rings is 1. The molecule has 0 saturated carbocycles. The van der Waals surface area contributed by atoms with Gasteiger partial charge in [-0.15, -0.1) is 0 Å². The van der Waals surface area contributed by atoms with Crippen molar-refractivity contribution in [3.63, 3.8) is 0 Å². The zero-order chi connectivity index (χ0) is 8.81. The molecule has 0 aromatic heterocycles. The standard InChI is InChI=1S/C10H12IO/c1-2-3-8-12-10-7-5-4-6-9(10)11/h4,6-7H,2-3,8H2,1H3. The van der Waals surface area contributed by atoms with E-state index in [1.807, 2.05) is 18.2 Å². The first-order chi connectivity index (χ1) is 5.84. The second-order valence-electron chi connectivity index (χ2n) is 2.56. The highest BCUT2D eigenvalue weighted by Crippen LogP contribution is 2.19. The minimum absolute atomic E-state index is 0.810. The Balaban J connectivity index is 2.46. The van der Waals surface area contributed by atoms with Crippen LogP contribution in [0.4, 0.5) is 0 Å². The minimum atomic E-state index is 0.810. The van der Waals surface area contributed by atoms with Crippen LogP contribution in [0.25, 0.3) is 0 Å². The molecule has 1 aromatic carbocycles. The fourth-order valence-electron chi connectivity index (χ4n) is 0.833. The first kappa shape index (κ1) is 9.84. The normalized spacial score (nSPS) is 9.83. The zero-order valence-electron chi connectivity index (χ0n) is 7.14. The summed E-state index contributed by atoms with van der Waals surface area (Å²) < 4.78 is 6.69. The van der Waals surface area contributed by atoms with Gasteiger partial charge in [0.1, 0.15) is 5.75 Å². The molecular weight excluding hydrogens is 263 g/mol. The Morgan fingerprint density at radius 3 is 3.08 bits per heavy atom. The summed E-state index contributed by atoms with van der Waals surface area (Å²) in [6, 6.07) is 8.78. The number of unbranched alkanes of at least 4 members (excludes halogenated alkanes) is 1. The number of rotatable bonds is 4. The Morgan fingerprint density at radius 1 is 1.58 bits per heavy atom. The first-order valence-corrected chi connectivity index (χ1v) is 5.21. The predicted molar refractivity (Wildman–Crippen MR) is 58.4 cm³/mol. The van der Waals surface area contributed by atoms with Crippen LogP contribution in [0.15, 0.2) is 18.2 Å². The second kappa shape index (κ2) is 5.41. The molecule has 0 heterocycles. The van der Waals surface area contributed by atoms with E-state index in [1.54, 1.807) is 0 Å². The van der Waals surface area contributed by atoms with Crippen molar-refractivity contribution >= 4 is 22.6 Å².